The zero-order chi connectivity index (χ0) is 8.10. The topological polar surface area (TPSA) is 39.4 Å². The van der Waals surface area contributed by atoms with E-state index < -0.39 is 5.97 Å². The van der Waals surface area contributed by atoms with Crippen LogP contribution in [0, 0.1) is 0 Å². The Bertz CT molecular complexity index is 236. The summed E-state index contributed by atoms with van der Waals surface area (Å²) in [4.78, 5) is 10.5. The van der Waals surface area contributed by atoms with Crippen molar-refractivity contribution >= 4 is 5.97 Å². The van der Waals surface area contributed by atoms with Gasteiger partial charge in [-0.25, -0.2) is 4.79 Å². The molecule has 3 heteroatoms. The van der Waals surface area contributed by atoms with Crippen molar-refractivity contribution in [2.24, 2.45) is 0 Å². The first kappa shape index (κ1) is 7.60. The molecule has 11 heavy (non-hydrogen) atoms. The summed E-state index contributed by atoms with van der Waals surface area (Å²) < 4.78 is 9.48. The lowest BCUT2D eigenvalue weighted by atomic mass is 10.4. The second kappa shape index (κ2) is 3.61. The van der Waals surface area contributed by atoms with E-state index >= 15 is 0 Å². The average molecular weight is 152 g/mol. The molecule has 0 N–H and O–H groups in total. The van der Waals surface area contributed by atoms with Crippen molar-refractivity contribution in [3.05, 3.63) is 36.8 Å². The molecule has 1 aromatic heterocycles. The molecule has 1 aromatic rings. The van der Waals surface area contributed by atoms with Gasteiger partial charge in [0.05, 0.1) is 12.5 Å². The predicted molar refractivity (Wildman–Crippen MR) is 38.7 cm³/mol. The number of carbonyl (C=O) groups is 1. The van der Waals surface area contributed by atoms with Gasteiger partial charge in [-0.05, 0) is 6.07 Å². The molecule has 3 nitrogen and oxygen atoms in total. The van der Waals surface area contributed by atoms with Gasteiger partial charge in [-0.2, -0.15) is 0 Å². The highest BCUT2D eigenvalue weighted by Crippen LogP contribution is 2.01. The maximum Gasteiger partial charge on any atom is 0.330 e. The van der Waals surface area contributed by atoms with Crippen molar-refractivity contribution in [2.45, 2.75) is 6.61 Å². The normalized spacial score (nSPS) is 9.09. The van der Waals surface area contributed by atoms with E-state index in [-0.39, 0.29) is 6.61 Å². The minimum atomic E-state index is -0.425. The highest BCUT2D eigenvalue weighted by Gasteiger charge is 1.97. The van der Waals surface area contributed by atoms with E-state index in [4.69, 9.17) is 9.15 Å². The van der Waals surface area contributed by atoms with E-state index in [0.29, 0.717) is 0 Å². The third-order valence-corrected chi connectivity index (χ3v) is 1.13. The fourth-order valence-corrected chi connectivity index (χ4v) is 0.588. The predicted octanol–water partition coefficient (Wildman–Crippen LogP) is 1.51. The van der Waals surface area contributed by atoms with Gasteiger partial charge in [0.1, 0.15) is 6.61 Å². The van der Waals surface area contributed by atoms with Gasteiger partial charge in [-0.15, -0.1) is 0 Å². The second-order valence-corrected chi connectivity index (χ2v) is 1.94. The van der Waals surface area contributed by atoms with E-state index in [9.17, 15) is 4.79 Å². The lowest BCUT2D eigenvalue weighted by Crippen LogP contribution is -1.98. The van der Waals surface area contributed by atoms with Gasteiger partial charge in [0.2, 0.25) is 0 Å². The largest absolute Gasteiger partial charge is 0.472 e. The molecule has 58 valence electrons. The van der Waals surface area contributed by atoms with Gasteiger partial charge < -0.3 is 9.15 Å². The standard InChI is InChI=1S/C8H8O3/c1-2-8(9)11-6-7-3-4-10-5-7/h2-5H,1,6H2. The van der Waals surface area contributed by atoms with Crippen molar-refractivity contribution in [1.82, 2.24) is 0 Å². The van der Waals surface area contributed by atoms with Crippen molar-refractivity contribution in [3.8, 4) is 0 Å². The van der Waals surface area contributed by atoms with Crippen molar-refractivity contribution in [2.75, 3.05) is 0 Å². The molecule has 0 fully saturated rings. The van der Waals surface area contributed by atoms with Crippen LogP contribution in [0.1, 0.15) is 5.56 Å². The molecule has 0 radical (unpaired) electrons. The molecule has 0 amide bonds. The lowest BCUT2D eigenvalue weighted by Gasteiger charge is -1.96. The van der Waals surface area contributed by atoms with Crippen LogP contribution in [0.2, 0.25) is 0 Å². The van der Waals surface area contributed by atoms with Gasteiger partial charge in [0.25, 0.3) is 0 Å². The first-order chi connectivity index (χ1) is 5.33. The van der Waals surface area contributed by atoms with Crippen LogP contribution in [0.15, 0.2) is 35.7 Å². The quantitative estimate of drug-likeness (QED) is 0.486. The molecule has 0 bridgehead atoms. The summed E-state index contributed by atoms with van der Waals surface area (Å²) in [5.41, 5.74) is 0.834. The number of rotatable bonds is 3. The molecule has 0 spiro atoms. The summed E-state index contributed by atoms with van der Waals surface area (Å²) in [6.45, 7) is 3.50. The van der Waals surface area contributed by atoms with E-state index in [2.05, 4.69) is 6.58 Å². The molecule has 0 aromatic carbocycles. The van der Waals surface area contributed by atoms with E-state index in [1.54, 1.807) is 6.07 Å². The van der Waals surface area contributed by atoms with Crippen molar-refractivity contribution < 1.29 is 13.9 Å². The Morgan fingerprint density at radius 3 is 3.18 bits per heavy atom. The molecule has 1 heterocycles. The number of hydrogen-bond donors (Lipinski definition) is 0. The fourth-order valence-electron chi connectivity index (χ4n) is 0.588. The molecule has 1 rings (SSSR count). The minimum Gasteiger partial charge on any atom is -0.472 e. The maximum atomic E-state index is 10.5. The van der Waals surface area contributed by atoms with E-state index in [1.165, 1.54) is 12.5 Å². The summed E-state index contributed by atoms with van der Waals surface area (Å²) in [5.74, 6) is -0.425. The first-order valence-electron chi connectivity index (χ1n) is 3.13. The molecule has 0 saturated heterocycles. The Labute approximate surface area is 64.3 Å². The Kier molecular flexibility index (Phi) is 2.49. The van der Waals surface area contributed by atoms with Crippen molar-refractivity contribution in [3.63, 3.8) is 0 Å². The zero-order valence-corrected chi connectivity index (χ0v) is 5.95. The van der Waals surface area contributed by atoms with Crippen LogP contribution in [0.25, 0.3) is 0 Å². The van der Waals surface area contributed by atoms with Gasteiger partial charge in [-0.1, -0.05) is 6.58 Å². The number of esters is 1. The Balaban J connectivity index is 2.34. The van der Waals surface area contributed by atoms with Gasteiger partial charge in [-0.3, -0.25) is 0 Å². The van der Waals surface area contributed by atoms with Gasteiger partial charge in [0, 0.05) is 11.6 Å². The maximum absolute atomic E-state index is 10.5. The molecule has 0 aliphatic carbocycles. The van der Waals surface area contributed by atoms with Gasteiger partial charge >= 0.3 is 5.97 Å². The number of furan rings is 1. The fraction of sp³-hybridized carbons (Fsp3) is 0.125. The summed E-state index contributed by atoms with van der Waals surface area (Å²) >= 11 is 0. The number of ether oxygens (including phenoxy) is 1. The first-order valence-corrected chi connectivity index (χ1v) is 3.13. The lowest BCUT2D eigenvalue weighted by molar-refractivity contribution is -0.138. The van der Waals surface area contributed by atoms with Crippen LogP contribution >= 0.6 is 0 Å². The smallest absolute Gasteiger partial charge is 0.330 e. The Morgan fingerprint density at radius 1 is 1.82 bits per heavy atom. The summed E-state index contributed by atoms with van der Waals surface area (Å²) in [6, 6.07) is 1.73. The highest BCUT2D eigenvalue weighted by molar-refractivity contribution is 5.81. The molecular formula is C8H8O3. The molecule has 0 atom stereocenters. The van der Waals surface area contributed by atoms with Gasteiger partial charge in [0.15, 0.2) is 0 Å². The van der Waals surface area contributed by atoms with Crippen LogP contribution in [0.4, 0.5) is 0 Å². The average Bonchev–Trinajstić information content (AvgIpc) is 2.52. The third-order valence-electron chi connectivity index (χ3n) is 1.13. The van der Waals surface area contributed by atoms with Crippen LogP contribution in [-0.4, -0.2) is 5.97 Å². The Hall–Kier alpha value is -1.51. The van der Waals surface area contributed by atoms with Crippen LogP contribution < -0.4 is 0 Å². The monoisotopic (exact) mass is 152 g/mol. The van der Waals surface area contributed by atoms with Crippen LogP contribution in [-0.2, 0) is 16.1 Å². The molecule has 0 saturated carbocycles. The molecule has 0 aliphatic rings. The SMILES string of the molecule is C=CC(=O)OCc1ccoc1. The summed E-state index contributed by atoms with van der Waals surface area (Å²) in [5, 5.41) is 0. The summed E-state index contributed by atoms with van der Waals surface area (Å²) in [6.07, 6.45) is 4.17. The molecular weight excluding hydrogens is 144 g/mol. The van der Waals surface area contributed by atoms with Crippen LogP contribution in [0.3, 0.4) is 0 Å². The van der Waals surface area contributed by atoms with E-state index in [0.717, 1.165) is 11.6 Å². The number of hydrogen-bond acceptors (Lipinski definition) is 3. The number of carbonyl (C=O) groups excluding carboxylic acids is 1. The summed E-state index contributed by atoms with van der Waals surface area (Å²) in [7, 11) is 0. The van der Waals surface area contributed by atoms with Crippen molar-refractivity contribution in [1.29, 1.82) is 0 Å². The molecule has 0 aliphatic heterocycles. The Morgan fingerprint density at radius 2 is 2.64 bits per heavy atom. The van der Waals surface area contributed by atoms with Crippen LogP contribution in [0.5, 0.6) is 0 Å². The molecule has 0 unspecified atom stereocenters. The highest BCUT2D eigenvalue weighted by atomic mass is 16.5. The zero-order valence-electron chi connectivity index (χ0n) is 5.95. The minimum absolute atomic E-state index is 0.237. The van der Waals surface area contributed by atoms with E-state index in [1.807, 2.05) is 0 Å². The second-order valence-electron chi connectivity index (χ2n) is 1.94. The third kappa shape index (κ3) is 2.29.